The number of likely N-dealkylation sites (tertiary alicyclic amines) is 1. The molecule has 3 amide bonds. The van der Waals surface area contributed by atoms with Crippen LogP contribution in [-0.2, 0) is 11.3 Å². The molecule has 3 rings (SSSR count). The largest absolute Gasteiger partial charge is 0.334 e. The molecule has 2 aromatic rings. The van der Waals surface area contributed by atoms with Crippen LogP contribution in [0.25, 0.3) is 0 Å². The Balaban J connectivity index is 1.51. The lowest BCUT2D eigenvalue weighted by atomic mass is 10.1. The summed E-state index contributed by atoms with van der Waals surface area (Å²) in [6.45, 7) is 2.94. The van der Waals surface area contributed by atoms with Crippen molar-refractivity contribution in [2.75, 3.05) is 6.54 Å². The van der Waals surface area contributed by atoms with Gasteiger partial charge in [-0.15, -0.1) is 0 Å². The number of amides is 3. The van der Waals surface area contributed by atoms with Gasteiger partial charge in [0.2, 0.25) is 5.91 Å². The summed E-state index contributed by atoms with van der Waals surface area (Å²) in [5.41, 5.74) is 2.03. The number of nitrogens with zero attached hydrogens (tertiary/aromatic N) is 2. The summed E-state index contributed by atoms with van der Waals surface area (Å²) in [6.07, 6.45) is 3.73. The van der Waals surface area contributed by atoms with Crippen LogP contribution >= 0.6 is 0 Å². The summed E-state index contributed by atoms with van der Waals surface area (Å²) in [7, 11) is 0. The molecule has 0 saturated carbocycles. The summed E-state index contributed by atoms with van der Waals surface area (Å²) in [5, 5.41) is 5.68. The molecule has 6 nitrogen and oxygen atoms in total. The Morgan fingerprint density at radius 2 is 2.08 bits per heavy atom. The molecule has 130 valence electrons. The predicted octanol–water partition coefficient (Wildman–Crippen LogP) is 2.24. The first-order valence-electron chi connectivity index (χ1n) is 8.41. The van der Waals surface area contributed by atoms with Crippen LogP contribution < -0.4 is 10.6 Å². The molecule has 0 spiro atoms. The zero-order valence-electron chi connectivity index (χ0n) is 14.2. The van der Waals surface area contributed by atoms with E-state index in [1.165, 1.54) is 0 Å². The van der Waals surface area contributed by atoms with Crippen molar-refractivity contribution in [2.45, 2.75) is 32.0 Å². The maximum Gasteiger partial charge on any atom is 0.315 e. The summed E-state index contributed by atoms with van der Waals surface area (Å²) in [6, 6.07) is 13.2. The SMILES string of the molecule is CC(c1ccccc1)N1CC(NC(=O)NCc2cccnc2)CC1=O. The molecule has 2 N–H and O–H groups in total. The van der Waals surface area contributed by atoms with Gasteiger partial charge in [0.1, 0.15) is 0 Å². The van der Waals surface area contributed by atoms with Gasteiger partial charge < -0.3 is 15.5 Å². The molecule has 2 heterocycles. The number of carbonyl (C=O) groups is 2. The van der Waals surface area contributed by atoms with Crippen molar-refractivity contribution in [3.8, 4) is 0 Å². The second-order valence-electron chi connectivity index (χ2n) is 6.22. The van der Waals surface area contributed by atoms with Crippen LogP contribution in [0, 0.1) is 0 Å². The third kappa shape index (κ3) is 4.35. The fourth-order valence-corrected chi connectivity index (χ4v) is 3.04. The summed E-state index contributed by atoms with van der Waals surface area (Å²) in [4.78, 5) is 30.2. The number of aromatic nitrogens is 1. The molecule has 1 aromatic carbocycles. The lowest BCUT2D eigenvalue weighted by Gasteiger charge is -2.25. The summed E-state index contributed by atoms with van der Waals surface area (Å²) < 4.78 is 0. The van der Waals surface area contributed by atoms with Crippen molar-refractivity contribution in [3.63, 3.8) is 0 Å². The number of benzene rings is 1. The van der Waals surface area contributed by atoms with Crippen molar-refractivity contribution < 1.29 is 9.59 Å². The van der Waals surface area contributed by atoms with E-state index in [0.717, 1.165) is 11.1 Å². The second-order valence-corrected chi connectivity index (χ2v) is 6.22. The average Bonchev–Trinajstić information content (AvgIpc) is 3.01. The lowest BCUT2D eigenvalue weighted by Crippen LogP contribution is -2.43. The van der Waals surface area contributed by atoms with E-state index in [4.69, 9.17) is 0 Å². The molecule has 1 aliphatic rings. The van der Waals surface area contributed by atoms with E-state index in [1.54, 1.807) is 12.4 Å². The van der Waals surface area contributed by atoms with Crippen LogP contribution in [0.4, 0.5) is 4.79 Å². The molecule has 2 unspecified atom stereocenters. The Morgan fingerprint density at radius 1 is 1.28 bits per heavy atom. The third-order valence-corrected chi connectivity index (χ3v) is 4.42. The molecule has 1 aliphatic heterocycles. The van der Waals surface area contributed by atoms with Crippen LogP contribution in [0.1, 0.15) is 30.5 Å². The molecule has 1 fully saturated rings. The molecule has 1 aromatic heterocycles. The normalized spacial score (nSPS) is 18.0. The molecule has 0 radical (unpaired) electrons. The molecule has 25 heavy (non-hydrogen) atoms. The first-order valence-corrected chi connectivity index (χ1v) is 8.41. The van der Waals surface area contributed by atoms with Gasteiger partial charge in [-0.05, 0) is 24.1 Å². The summed E-state index contributed by atoms with van der Waals surface area (Å²) >= 11 is 0. The van der Waals surface area contributed by atoms with Gasteiger partial charge >= 0.3 is 6.03 Å². The first-order chi connectivity index (χ1) is 12.1. The van der Waals surface area contributed by atoms with Crippen LogP contribution in [0.5, 0.6) is 0 Å². The highest BCUT2D eigenvalue weighted by molar-refractivity contribution is 5.82. The van der Waals surface area contributed by atoms with E-state index in [9.17, 15) is 9.59 Å². The van der Waals surface area contributed by atoms with Gasteiger partial charge in [0.05, 0.1) is 12.1 Å². The number of carbonyl (C=O) groups excluding carboxylic acids is 2. The fourth-order valence-electron chi connectivity index (χ4n) is 3.04. The van der Waals surface area contributed by atoms with E-state index in [2.05, 4.69) is 15.6 Å². The predicted molar refractivity (Wildman–Crippen MR) is 94.6 cm³/mol. The van der Waals surface area contributed by atoms with Crippen LogP contribution in [-0.4, -0.2) is 34.4 Å². The quantitative estimate of drug-likeness (QED) is 0.878. The van der Waals surface area contributed by atoms with Crippen molar-refractivity contribution in [3.05, 3.63) is 66.0 Å². The van der Waals surface area contributed by atoms with Gasteiger partial charge in [-0.2, -0.15) is 0 Å². The van der Waals surface area contributed by atoms with Crippen LogP contribution in [0.3, 0.4) is 0 Å². The molecular weight excluding hydrogens is 316 g/mol. The molecular formula is C19H22N4O2. The van der Waals surface area contributed by atoms with E-state index in [0.29, 0.717) is 19.5 Å². The Hall–Kier alpha value is -2.89. The Morgan fingerprint density at radius 3 is 2.80 bits per heavy atom. The highest BCUT2D eigenvalue weighted by atomic mass is 16.2. The Kier molecular flexibility index (Phi) is 5.28. The fraction of sp³-hybridized carbons (Fsp3) is 0.316. The van der Waals surface area contributed by atoms with Crippen molar-refractivity contribution in [1.29, 1.82) is 0 Å². The molecule has 0 bridgehead atoms. The maximum absolute atomic E-state index is 12.3. The maximum atomic E-state index is 12.3. The molecule has 0 aliphatic carbocycles. The minimum absolute atomic E-state index is 0.000968. The topological polar surface area (TPSA) is 74.3 Å². The minimum Gasteiger partial charge on any atom is -0.334 e. The van der Waals surface area contributed by atoms with Gasteiger partial charge in [0.15, 0.2) is 0 Å². The molecule has 2 atom stereocenters. The number of hydrogen-bond acceptors (Lipinski definition) is 3. The smallest absolute Gasteiger partial charge is 0.315 e. The van der Waals surface area contributed by atoms with E-state index >= 15 is 0 Å². The van der Waals surface area contributed by atoms with Crippen LogP contribution in [0.2, 0.25) is 0 Å². The Bertz CT molecular complexity index is 721. The third-order valence-electron chi connectivity index (χ3n) is 4.42. The number of pyridine rings is 1. The summed E-state index contributed by atoms with van der Waals surface area (Å²) in [5.74, 6) is 0.0638. The van der Waals surface area contributed by atoms with E-state index < -0.39 is 0 Å². The van der Waals surface area contributed by atoms with Gasteiger partial charge in [-0.3, -0.25) is 9.78 Å². The van der Waals surface area contributed by atoms with Crippen molar-refractivity contribution in [2.24, 2.45) is 0 Å². The van der Waals surface area contributed by atoms with Gasteiger partial charge in [0, 0.05) is 31.9 Å². The number of nitrogens with one attached hydrogen (secondary N) is 2. The number of rotatable bonds is 5. The van der Waals surface area contributed by atoms with Gasteiger partial charge in [-0.25, -0.2) is 4.79 Å². The average molecular weight is 338 g/mol. The number of hydrogen-bond donors (Lipinski definition) is 2. The van der Waals surface area contributed by atoms with Gasteiger partial charge in [-0.1, -0.05) is 36.4 Å². The zero-order valence-corrected chi connectivity index (χ0v) is 14.2. The minimum atomic E-state index is -0.268. The monoisotopic (exact) mass is 338 g/mol. The zero-order chi connectivity index (χ0) is 17.6. The van der Waals surface area contributed by atoms with Crippen molar-refractivity contribution >= 4 is 11.9 Å². The highest BCUT2D eigenvalue weighted by Crippen LogP contribution is 2.25. The standard InChI is InChI=1S/C19H22N4O2/c1-14(16-7-3-2-4-8-16)23-13-17(10-18(23)24)22-19(25)21-12-15-6-5-9-20-11-15/h2-9,11,14,17H,10,12-13H2,1H3,(H2,21,22,25). The van der Waals surface area contributed by atoms with Crippen LogP contribution in [0.15, 0.2) is 54.9 Å². The Labute approximate surface area is 147 Å². The highest BCUT2D eigenvalue weighted by Gasteiger charge is 2.33. The van der Waals surface area contributed by atoms with E-state index in [1.807, 2.05) is 54.3 Å². The van der Waals surface area contributed by atoms with Gasteiger partial charge in [0.25, 0.3) is 0 Å². The number of urea groups is 1. The van der Waals surface area contributed by atoms with E-state index in [-0.39, 0.29) is 24.0 Å². The first kappa shape index (κ1) is 17.0. The van der Waals surface area contributed by atoms with Crippen molar-refractivity contribution in [1.82, 2.24) is 20.5 Å². The lowest BCUT2D eigenvalue weighted by molar-refractivity contribution is -0.129. The molecule has 1 saturated heterocycles. The molecule has 6 heteroatoms. The second kappa shape index (κ2) is 7.79.